The van der Waals surface area contributed by atoms with E-state index < -0.39 is 23.8 Å². The van der Waals surface area contributed by atoms with Crippen LogP contribution in [-0.4, -0.2) is 39.2 Å². The van der Waals surface area contributed by atoms with Crippen molar-refractivity contribution < 1.29 is 33.0 Å². The Hall–Kier alpha value is -3.33. The highest BCUT2D eigenvalue weighted by molar-refractivity contribution is 7.12. The molecule has 0 atom stereocenters. The van der Waals surface area contributed by atoms with Gasteiger partial charge in [0.1, 0.15) is 16.4 Å². The number of hydrogen-bond donors (Lipinski definition) is 1. The van der Waals surface area contributed by atoms with E-state index in [4.69, 9.17) is 18.6 Å². The number of nitrogens with one attached hydrogen (secondary N) is 1. The summed E-state index contributed by atoms with van der Waals surface area (Å²) in [6.07, 6.45) is 0. The van der Waals surface area contributed by atoms with Crippen LogP contribution in [0.3, 0.4) is 0 Å². The summed E-state index contributed by atoms with van der Waals surface area (Å²) in [6.45, 7) is 3.43. The minimum atomic E-state index is -0.833. The van der Waals surface area contributed by atoms with Crippen LogP contribution < -0.4 is 5.32 Å². The quantitative estimate of drug-likeness (QED) is 0.568. The van der Waals surface area contributed by atoms with Gasteiger partial charge < -0.3 is 23.9 Å². The molecule has 3 rings (SSSR count). The summed E-state index contributed by atoms with van der Waals surface area (Å²) in [5.41, 5.74) is 2.12. The number of carbonyl (C=O) groups excluding carboxylic acids is 3. The van der Waals surface area contributed by atoms with Crippen LogP contribution in [-0.2, 0) is 23.8 Å². The Labute approximate surface area is 177 Å². The Bertz CT molecular complexity index is 1030. The summed E-state index contributed by atoms with van der Waals surface area (Å²) >= 11 is 1.23. The van der Waals surface area contributed by atoms with Gasteiger partial charge in [-0.25, -0.2) is 14.4 Å². The second-order valence-corrected chi connectivity index (χ2v) is 7.39. The highest BCUT2D eigenvalue weighted by Crippen LogP contribution is 2.41. The predicted octanol–water partition coefficient (Wildman–Crippen LogP) is 3.38. The van der Waals surface area contributed by atoms with Gasteiger partial charge in [-0.15, -0.1) is 11.3 Å². The number of carbonyl (C=O) groups is 3. The molecule has 0 radical (unpaired) electrons. The fourth-order valence-corrected chi connectivity index (χ4v) is 4.26. The molecule has 3 heterocycles. The average Bonchev–Trinajstić information content (AvgIpc) is 3.40. The first-order valence-corrected chi connectivity index (χ1v) is 9.83. The number of methoxy groups -OCH3 is 3. The van der Waals surface area contributed by atoms with Crippen LogP contribution in [0.15, 0.2) is 50.5 Å². The van der Waals surface area contributed by atoms with Crippen LogP contribution in [0.4, 0.5) is 0 Å². The smallest absolute Gasteiger partial charge is 0.348 e. The largest absolute Gasteiger partial charge is 0.466 e. The topological polar surface area (TPSA) is 104 Å². The van der Waals surface area contributed by atoms with Crippen LogP contribution in [0, 0.1) is 0 Å². The summed E-state index contributed by atoms with van der Waals surface area (Å²) in [6, 6.07) is 5.09. The number of furan rings is 1. The van der Waals surface area contributed by atoms with E-state index in [1.54, 1.807) is 37.4 Å². The lowest BCUT2D eigenvalue weighted by atomic mass is 9.83. The van der Waals surface area contributed by atoms with Crippen molar-refractivity contribution in [3.63, 3.8) is 0 Å². The van der Waals surface area contributed by atoms with Crippen molar-refractivity contribution >= 4 is 29.2 Å². The highest BCUT2D eigenvalue weighted by atomic mass is 32.1. The van der Waals surface area contributed by atoms with Gasteiger partial charge in [0.25, 0.3) is 0 Å². The first-order chi connectivity index (χ1) is 14.3. The number of ether oxygens (including phenoxy) is 3. The second-order valence-electron chi connectivity index (χ2n) is 6.48. The lowest BCUT2D eigenvalue weighted by Gasteiger charge is -2.28. The SMILES string of the molecule is COC(=O)C1=C(C)NC(C)=C(C(=O)OC)C1c1ccc(-c2ccsc2C(=O)OC)o1. The number of allylic oxidation sites excluding steroid dienone is 2. The van der Waals surface area contributed by atoms with E-state index >= 15 is 0 Å². The molecule has 0 aliphatic carbocycles. The molecule has 8 nitrogen and oxygen atoms in total. The third kappa shape index (κ3) is 3.63. The molecule has 1 aliphatic heterocycles. The van der Waals surface area contributed by atoms with Crippen LogP contribution in [0.2, 0.25) is 0 Å². The van der Waals surface area contributed by atoms with Gasteiger partial charge in [-0.05, 0) is 37.4 Å². The fourth-order valence-electron chi connectivity index (χ4n) is 3.45. The zero-order chi connectivity index (χ0) is 22.0. The Morgan fingerprint density at radius 2 is 1.47 bits per heavy atom. The van der Waals surface area contributed by atoms with Crippen molar-refractivity contribution in [3.05, 3.63) is 56.8 Å². The fraction of sp³-hybridized carbons (Fsp3) is 0.286. The van der Waals surface area contributed by atoms with Gasteiger partial charge in [-0.2, -0.15) is 0 Å². The maximum absolute atomic E-state index is 12.5. The van der Waals surface area contributed by atoms with Gasteiger partial charge in [0.05, 0.1) is 38.4 Å². The molecule has 0 fully saturated rings. The number of dihydropyridines is 1. The lowest BCUT2D eigenvalue weighted by Crippen LogP contribution is -2.31. The molecule has 2 aromatic rings. The molecule has 0 saturated heterocycles. The summed E-state index contributed by atoms with van der Waals surface area (Å²) in [5, 5.41) is 4.78. The van der Waals surface area contributed by atoms with Crippen LogP contribution in [0.5, 0.6) is 0 Å². The van der Waals surface area contributed by atoms with Crippen molar-refractivity contribution in [1.29, 1.82) is 0 Å². The Kier molecular flexibility index (Phi) is 6.12. The Morgan fingerprint density at radius 1 is 0.900 bits per heavy atom. The molecular formula is C21H21NO7S. The molecular weight excluding hydrogens is 410 g/mol. The molecule has 0 amide bonds. The van der Waals surface area contributed by atoms with Gasteiger partial charge in [0, 0.05) is 17.0 Å². The minimum absolute atomic E-state index is 0.239. The predicted molar refractivity (Wildman–Crippen MR) is 109 cm³/mol. The molecule has 9 heteroatoms. The third-order valence-corrected chi connectivity index (χ3v) is 5.68. The zero-order valence-corrected chi connectivity index (χ0v) is 18.0. The molecule has 0 bridgehead atoms. The summed E-state index contributed by atoms with van der Waals surface area (Å²) < 4.78 is 20.7. The summed E-state index contributed by atoms with van der Waals surface area (Å²) in [5.74, 6) is -1.75. The zero-order valence-electron chi connectivity index (χ0n) is 17.2. The number of esters is 3. The Morgan fingerprint density at radius 3 is 2.00 bits per heavy atom. The van der Waals surface area contributed by atoms with E-state index in [1.165, 1.54) is 32.7 Å². The van der Waals surface area contributed by atoms with E-state index in [1.807, 2.05) is 0 Å². The first kappa shape index (κ1) is 21.4. The first-order valence-electron chi connectivity index (χ1n) is 8.95. The average molecular weight is 431 g/mol. The van der Waals surface area contributed by atoms with Gasteiger partial charge in [0.2, 0.25) is 0 Å². The lowest BCUT2D eigenvalue weighted by molar-refractivity contribution is -0.137. The van der Waals surface area contributed by atoms with E-state index in [0.29, 0.717) is 33.4 Å². The van der Waals surface area contributed by atoms with Crippen molar-refractivity contribution in [2.75, 3.05) is 21.3 Å². The summed E-state index contributed by atoms with van der Waals surface area (Å²) in [7, 11) is 3.84. The third-order valence-electron chi connectivity index (χ3n) is 4.78. The van der Waals surface area contributed by atoms with Gasteiger partial charge >= 0.3 is 17.9 Å². The maximum atomic E-state index is 12.5. The van der Waals surface area contributed by atoms with Gasteiger partial charge in [-0.3, -0.25) is 0 Å². The summed E-state index contributed by atoms with van der Waals surface area (Å²) in [4.78, 5) is 37.5. The molecule has 2 aromatic heterocycles. The van der Waals surface area contributed by atoms with Crippen LogP contribution in [0.1, 0.15) is 35.2 Å². The van der Waals surface area contributed by atoms with Crippen molar-refractivity contribution in [1.82, 2.24) is 5.32 Å². The van der Waals surface area contributed by atoms with Crippen molar-refractivity contribution in [2.24, 2.45) is 0 Å². The standard InChI is InChI=1S/C21H21NO7S/c1-10-15(19(23)26-3)17(16(11(2)22-10)20(24)27-4)14-7-6-13(29-14)12-8-9-30-18(12)21(25)28-5/h6-9,17,22H,1-5H3. The molecule has 1 aliphatic rings. The molecule has 0 unspecified atom stereocenters. The van der Waals surface area contributed by atoms with Gasteiger partial charge in [-0.1, -0.05) is 0 Å². The van der Waals surface area contributed by atoms with Crippen LogP contribution >= 0.6 is 11.3 Å². The Balaban J connectivity index is 2.14. The minimum Gasteiger partial charge on any atom is -0.466 e. The van der Waals surface area contributed by atoms with Gasteiger partial charge in [0.15, 0.2) is 0 Å². The second kappa shape index (κ2) is 8.58. The van der Waals surface area contributed by atoms with Crippen molar-refractivity contribution in [3.8, 4) is 11.3 Å². The number of rotatable bonds is 5. The molecule has 158 valence electrons. The number of hydrogen-bond acceptors (Lipinski definition) is 9. The monoisotopic (exact) mass is 431 g/mol. The van der Waals surface area contributed by atoms with E-state index in [0.717, 1.165) is 0 Å². The van der Waals surface area contributed by atoms with E-state index in [-0.39, 0.29) is 11.1 Å². The number of thiophene rings is 1. The van der Waals surface area contributed by atoms with E-state index in [9.17, 15) is 14.4 Å². The van der Waals surface area contributed by atoms with Crippen molar-refractivity contribution in [2.45, 2.75) is 19.8 Å². The molecule has 0 spiro atoms. The maximum Gasteiger partial charge on any atom is 0.348 e. The molecule has 30 heavy (non-hydrogen) atoms. The highest BCUT2D eigenvalue weighted by Gasteiger charge is 2.39. The van der Waals surface area contributed by atoms with Crippen LogP contribution in [0.25, 0.3) is 11.3 Å². The molecule has 0 aromatic carbocycles. The van der Waals surface area contributed by atoms with E-state index in [2.05, 4.69) is 5.32 Å². The normalized spacial score (nSPS) is 14.4. The molecule has 1 N–H and O–H groups in total. The molecule has 0 saturated carbocycles.